The molecule has 1 heterocycles. The zero-order chi connectivity index (χ0) is 28.6. The largest absolute Gasteiger partial charge is 0.493 e. The summed E-state index contributed by atoms with van der Waals surface area (Å²) >= 11 is 1.67. The fourth-order valence-electron chi connectivity index (χ4n) is 2.89. The van der Waals surface area contributed by atoms with Gasteiger partial charge in [-0.05, 0) is 50.5 Å². The number of aromatic nitrogens is 2. The van der Waals surface area contributed by atoms with Crippen molar-refractivity contribution >= 4 is 35.3 Å². The number of nitriles is 1. The molecular weight excluding hydrogens is 526 g/mol. The Morgan fingerprint density at radius 3 is 2.33 bits per heavy atom. The second-order valence-corrected chi connectivity index (χ2v) is 9.00. The highest BCUT2D eigenvalue weighted by Gasteiger charge is 2.14. The van der Waals surface area contributed by atoms with Crippen LogP contribution in [0.5, 0.6) is 5.75 Å². The van der Waals surface area contributed by atoms with Gasteiger partial charge in [0.2, 0.25) is 23.9 Å². The number of carboxylic acids is 2. The summed E-state index contributed by atoms with van der Waals surface area (Å²) in [5.74, 6) is -0.181. The minimum absolute atomic E-state index is 0.153. The molecule has 13 nitrogen and oxygen atoms in total. The van der Waals surface area contributed by atoms with E-state index in [9.17, 15) is 0 Å². The van der Waals surface area contributed by atoms with Crippen LogP contribution in [0.3, 0.4) is 0 Å². The van der Waals surface area contributed by atoms with Gasteiger partial charge < -0.3 is 34.9 Å². The van der Waals surface area contributed by atoms with Gasteiger partial charge in [-0.1, -0.05) is 18.2 Å². The first-order valence-electron chi connectivity index (χ1n) is 11.5. The number of hydrogen-bond donors (Lipinski definition) is 3. The van der Waals surface area contributed by atoms with E-state index < -0.39 is 11.9 Å². The summed E-state index contributed by atoms with van der Waals surface area (Å²) in [6.45, 7) is 1.96. The molecule has 206 valence electrons. The van der Waals surface area contributed by atoms with Crippen LogP contribution < -0.4 is 15.4 Å². The van der Waals surface area contributed by atoms with Crippen molar-refractivity contribution in [1.29, 1.82) is 5.26 Å². The molecule has 0 saturated heterocycles. The van der Waals surface area contributed by atoms with E-state index in [0.717, 1.165) is 29.3 Å². The monoisotopic (exact) mass is 555 g/mol. The van der Waals surface area contributed by atoms with Crippen LogP contribution in [0.1, 0.15) is 5.89 Å². The lowest BCUT2D eigenvalue weighted by Crippen LogP contribution is -2.41. The van der Waals surface area contributed by atoms with Crippen molar-refractivity contribution in [3.05, 3.63) is 60.5 Å². The lowest BCUT2D eigenvalue weighted by molar-refractivity contribution is -0.159. The molecule has 0 saturated carbocycles. The molecule has 0 amide bonds. The number of rotatable bonds is 11. The first-order chi connectivity index (χ1) is 18.7. The molecule has 0 atom stereocenters. The molecule has 0 unspecified atom stereocenters. The minimum Gasteiger partial charge on any atom is -0.493 e. The molecule has 0 bridgehead atoms. The van der Waals surface area contributed by atoms with E-state index in [2.05, 4.69) is 15.2 Å². The Kier molecular flexibility index (Phi) is 12.8. The highest BCUT2D eigenvalue weighted by molar-refractivity contribution is 7.98. The summed E-state index contributed by atoms with van der Waals surface area (Å²) < 4.78 is 11.5. The van der Waals surface area contributed by atoms with Crippen LogP contribution in [-0.2, 0) is 15.3 Å². The molecule has 39 heavy (non-hydrogen) atoms. The van der Waals surface area contributed by atoms with Crippen LogP contribution >= 0.6 is 11.8 Å². The van der Waals surface area contributed by atoms with Gasteiger partial charge in [-0.2, -0.15) is 5.26 Å². The summed E-state index contributed by atoms with van der Waals surface area (Å²) in [5, 5.41) is 31.9. The fraction of sp³-hybridized carbons (Fsp3) is 0.280. The van der Waals surface area contributed by atoms with Gasteiger partial charge in [-0.25, -0.2) is 9.59 Å². The standard InChI is InChI=1S/C23H27N7O2S.C2H2O4/c1-29(2)12-13-30(23(25)26-17-24)19-10-8-18(9-11-19)22-28-27-21(32-22)16-33-15-14-31-20-6-4-3-5-7-20;3-1(4)2(5)6/h3-11H,12-16H2,1-2H3,(H2,25,26);(H,3,4)(H,5,6). The number of carbonyl (C=O) groups is 2. The van der Waals surface area contributed by atoms with Gasteiger partial charge >= 0.3 is 11.9 Å². The third kappa shape index (κ3) is 11.1. The molecule has 2 aromatic carbocycles. The van der Waals surface area contributed by atoms with Crippen molar-refractivity contribution in [2.75, 3.05) is 44.4 Å². The molecule has 14 heteroatoms. The van der Waals surface area contributed by atoms with Crippen LogP contribution in [0.2, 0.25) is 0 Å². The highest BCUT2D eigenvalue weighted by atomic mass is 32.2. The van der Waals surface area contributed by atoms with E-state index >= 15 is 0 Å². The molecule has 1 aromatic heterocycles. The molecule has 0 fully saturated rings. The topological polar surface area (TPSA) is 191 Å². The predicted octanol–water partition coefficient (Wildman–Crippen LogP) is 2.37. The van der Waals surface area contributed by atoms with E-state index in [1.54, 1.807) is 22.9 Å². The van der Waals surface area contributed by atoms with E-state index in [1.165, 1.54) is 0 Å². The maximum atomic E-state index is 9.10. The second-order valence-electron chi connectivity index (χ2n) is 7.90. The maximum absolute atomic E-state index is 9.10. The number of para-hydroxylation sites is 1. The van der Waals surface area contributed by atoms with Crippen molar-refractivity contribution < 1.29 is 29.0 Å². The number of guanidine groups is 1. The van der Waals surface area contributed by atoms with E-state index in [-0.39, 0.29) is 5.96 Å². The average molecular weight is 556 g/mol. The smallest absolute Gasteiger partial charge is 0.414 e. The minimum atomic E-state index is -1.82. The molecule has 0 aliphatic carbocycles. The zero-order valence-electron chi connectivity index (χ0n) is 21.4. The Morgan fingerprint density at radius 1 is 1.08 bits per heavy atom. The number of carboxylic acid groups (broad SMARTS) is 2. The lowest BCUT2D eigenvalue weighted by atomic mass is 10.2. The Balaban J connectivity index is 0.000000798. The third-order valence-electron chi connectivity index (χ3n) is 4.75. The highest BCUT2D eigenvalue weighted by Crippen LogP contribution is 2.23. The number of nitrogens with two attached hydrogens (primary N) is 1. The summed E-state index contributed by atoms with van der Waals surface area (Å²) in [6.07, 6.45) is 1.74. The Labute approximate surface area is 229 Å². The number of thioether (sulfide) groups is 1. The number of hydrogen-bond acceptors (Lipinski definition) is 10. The molecule has 3 aromatic rings. The van der Waals surface area contributed by atoms with Crippen LogP contribution in [0.4, 0.5) is 5.69 Å². The van der Waals surface area contributed by atoms with E-state index in [0.29, 0.717) is 30.7 Å². The Bertz CT molecular complexity index is 1250. The number of ether oxygens (including phenoxy) is 1. The first-order valence-corrected chi connectivity index (χ1v) is 12.7. The van der Waals surface area contributed by atoms with Crippen molar-refractivity contribution in [3.63, 3.8) is 0 Å². The molecule has 3 rings (SSSR count). The van der Waals surface area contributed by atoms with Crippen LogP contribution in [-0.4, -0.2) is 82.8 Å². The van der Waals surface area contributed by atoms with Gasteiger partial charge in [-0.15, -0.1) is 27.0 Å². The fourth-order valence-corrected chi connectivity index (χ4v) is 3.53. The van der Waals surface area contributed by atoms with Gasteiger partial charge in [0.15, 0.2) is 0 Å². The third-order valence-corrected chi connectivity index (χ3v) is 5.66. The van der Waals surface area contributed by atoms with Gasteiger partial charge in [0, 0.05) is 30.1 Å². The van der Waals surface area contributed by atoms with Crippen LogP contribution in [0.25, 0.3) is 11.5 Å². The SMILES string of the molecule is CN(C)CCN(C(N)=NC#N)c1ccc(-c2nnc(CSCCOc3ccccc3)o2)cc1.O=C(O)C(=O)O. The Hall–Kier alpha value is -4.61. The summed E-state index contributed by atoms with van der Waals surface area (Å²) in [5.41, 5.74) is 7.61. The summed E-state index contributed by atoms with van der Waals surface area (Å²) in [4.78, 5) is 25.7. The molecular formula is C25H29N7O6S. The van der Waals surface area contributed by atoms with Crippen LogP contribution in [0, 0.1) is 11.5 Å². The van der Waals surface area contributed by atoms with E-state index in [4.69, 9.17) is 40.0 Å². The summed E-state index contributed by atoms with van der Waals surface area (Å²) in [7, 11) is 3.95. The number of benzene rings is 2. The number of likely N-dealkylation sites (N-methyl/N-ethyl adjacent to an activating group) is 1. The average Bonchev–Trinajstić information content (AvgIpc) is 3.39. The number of nitrogens with zero attached hydrogens (tertiary/aromatic N) is 6. The summed E-state index contributed by atoms with van der Waals surface area (Å²) in [6, 6.07) is 17.3. The molecule has 4 N–H and O–H groups in total. The number of anilines is 1. The predicted molar refractivity (Wildman–Crippen MR) is 146 cm³/mol. The van der Waals surface area contributed by atoms with Crippen molar-refractivity contribution in [2.45, 2.75) is 5.75 Å². The first kappa shape index (κ1) is 30.6. The molecule has 0 aliphatic heterocycles. The number of aliphatic imine (C=N–C) groups is 1. The van der Waals surface area contributed by atoms with Crippen LogP contribution in [0.15, 0.2) is 64.0 Å². The van der Waals surface area contributed by atoms with E-state index in [1.807, 2.05) is 73.6 Å². The molecule has 0 radical (unpaired) electrons. The normalized spacial score (nSPS) is 10.8. The second kappa shape index (κ2) is 16.3. The quantitative estimate of drug-likeness (QED) is 0.103. The van der Waals surface area contributed by atoms with Gasteiger partial charge in [0.25, 0.3) is 0 Å². The maximum Gasteiger partial charge on any atom is 0.414 e. The van der Waals surface area contributed by atoms with Crippen molar-refractivity contribution in [2.24, 2.45) is 10.7 Å². The molecule has 0 aliphatic rings. The molecule has 0 spiro atoms. The van der Waals surface area contributed by atoms with Crippen molar-refractivity contribution in [1.82, 2.24) is 15.1 Å². The number of aliphatic carboxylic acids is 2. The van der Waals surface area contributed by atoms with Crippen molar-refractivity contribution in [3.8, 4) is 23.4 Å². The zero-order valence-corrected chi connectivity index (χ0v) is 22.2. The van der Waals surface area contributed by atoms with Gasteiger partial charge in [0.1, 0.15) is 5.75 Å². The van der Waals surface area contributed by atoms with Gasteiger partial charge in [-0.3, -0.25) is 0 Å². The Morgan fingerprint density at radius 2 is 1.74 bits per heavy atom. The van der Waals surface area contributed by atoms with Gasteiger partial charge in [0.05, 0.1) is 12.4 Å². The lowest BCUT2D eigenvalue weighted by Gasteiger charge is -2.24.